The van der Waals surface area contributed by atoms with E-state index >= 15 is 0 Å². The molecule has 17 heavy (non-hydrogen) atoms. The third kappa shape index (κ3) is 3.37. The Morgan fingerprint density at radius 2 is 2.12 bits per heavy atom. The number of benzene rings is 1. The summed E-state index contributed by atoms with van der Waals surface area (Å²) in [6.07, 6.45) is 0.0316. The zero-order valence-corrected chi connectivity index (χ0v) is 9.30. The van der Waals surface area contributed by atoms with E-state index in [1.54, 1.807) is 0 Å². The van der Waals surface area contributed by atoms with Gasteiger partial charge in [-0.15, -0.1) is 0 Å². The molecule has 0 aliphatic heterocycles. The molecule has 92 valence electrons. The van der Waals surface area contributed by atoms with Crippen molar-refractivity contribution in [3.8, 4) is 5.75 Å². The Bertz CT molecular complexity index is 430. The normalized spacial score (nSPS) is 9.71. The summed E-state index contributed by atoms with van der Waals surface area (Å²) in [6, 6.07) is 4.43. The van der Waals surface area contributed by atoms with Gasteiger partial charge in [0.25, 0.3) is 0 Å². The Morgan fingerprint density at radius 1 is 1.41 bits per heavy atom. The van der Waals surface area contributed by atoms with Gasteiger partial charge < -0.3 is 20.3 Å². The van der Waals surface area contributed by atoms with Crippen LogP contribution in [0.15, 0.2) is 18.2 Å². The van der Waals surface area contributed by atoms with Crippen molar-refractivity contribution in [1.82, 2.24) is 0 Å². The maximum atomic E-state index is 10.9. The van der Waals surface area contributed by atoms with Crippen molar-refractivity contribution < 1.29 is 24.2 Å². The molecular formula is C11H13NO5. The van der Waals surface area contributed by atoms with Crippen LogP contribution >= 0.6 is 0 Å². The molecular weight excluding hydrogens is 226 g/mol. The number of carbonyl (C=O) groups is 2. The summed E-state index contributed by atoms with van der Waals surface area (Å²) in [5.41, 5.74) is 5.79. The third-order valence-corrected chi connectivity index (χ3v) is 2.06. The minimum absolute atomic E-state index is 0.0150. The number of rotatable bonds is 5. The van der Waals surface area contributed by atoms with Gasteiger partial charge in [0.15, 0.2) is 5.75 Å². The quantitative estimate of drug-likeness (QED) is 0.585. The summed E-state index contributed by atoms with van der Waals surface area (Å²) in [6.45, 7) is 0.0150. The summed E-state index contributed by atoms with van der Waals surface area (Å²) in [5.74, 6) is -1.49. The molecule has 1 rings (SSSR count). The molecule has 0 unspecified atom stereocenters. The lowest BCUT2D eigenvalue weighted by Crippen LogP contribution is -2.11. The summed E-state index contributed by atoms with van der Waals surface area (Å²) in [5, 5.41) is 8.92. The molecule has 1 aromatic rings. The molecule has 0 heterocycles. The van der Waals surface area contributed by atoms with Gasteiger partial charge in [-0.25, -0.2) is 4.79 Å². The molecule has 0 spiro atoms. The number of aromatic carboxylic acids is 1. The first-order chi connectivity index (χ1) is 8.06. The van der Waals surface area contributed by atoms with Crippen LogP contribution in [-0.4, -0.2) is 30.8 Å². The van der Waals surface area contributed by atoms with E-state index < -0.39 is 11.9 Å². The highest BCUT2D eigenvalue weighted by atomic mass is 16.5. The first-order valence-corrected chi connectivity index (χ1v) is 4.87. The zero-order valence-electron chi connectivity index (χ0n) is 9.30. The second-order valence-electron chi connectivity index (χ2n) is 3.20. The number of carbonyl (C=O) groups excluding carboxylic acids is 1. The second-order valence-corrected chi connectivity index (χ2v) is 3.20. The molecule has 6 nitrogen and oxygen atoms in total. The van der Waals surface area contributed by atoms with E-state index in [0.717, 1.165) is 0 Å². The van der Waals surface area contributed by atoms with Crippen LogP contribution in [0.5, 0.6) is 5.75 Å². The predicted molar refractivity (Wildman–Crippen MR) is 59.9 cm³/mol. The lowest BCUT2D eigenvalue weighted by atomic mass is 10.2. The number of nitrogen functional groups attached to an aromatic ring is 1. The van der Waals surface area contributed by atoms with Crippen LogP contribution in [0.2, 0.25) is 0 Å². The molecule has 0 aliphatic carbocycles. The topological polar surface area (TPSA) is 98.9 Å². The lowest BCUT2D eigenvalue weighted by Gasteiger charge is -2.10. The Balaban J connectivity index is 2.76. The van der Waals surface area contributed by atoms with E-state index in [0.29, 0.717) is 0 Å². The minimum Gasteiger partial charge on any atom is -0.490 e. The van der Waals surface area contributed by atoms with Gasteiger partial charge >= 0.3 is 11.9 Å². The number of para-hydroxylation sites is 1. The van der Waals surface area contributed by atoms with E-state index in [1.165, 1.54) is 25.3 Å². The smallest absolute Gasteiger partial charge is 0.339 e. The van der Waals surface area contributed by atoms with Gasteiger partial charge in [-0.1, -0.05) is 6.07 Å². The number of hydrogen-bond acceptors (Lipinski definition) is 5. The van der Waals surface area contributed by atoms with Crippen molar-refractivity contribution in [1.29, 1.82) is 0 Å². The summed E-state index contributed by atoms with van der Waals surface area (Å²) >= 11 is 0. The summed E-state index contributed by atoms with van der Waals surface area (Å²) in [7, 11) is 1.27. The highest BCUT2D eigenvalue weighted by Crippen LogP contribution is 2.26. The predicted octanol–water partition coefficient (Wildman–Crippen LogP) is 0.909. The van der Waals surface area contributed by atoms with Gasteiger partial charge in [0.2, 0.25) is 0 Å². The number of hydrogen-bond donors (Lipinski definition) is 2. The van der Waals surface area contributed by atoms with Crippen molar-refractivity contribution in [3.63, 3.8) is 0 Å². The van der Waals surface area contributed by atoms with Crippen LogP contribution in [0.25, 0.3) is 0 Å². The van der Waals surface area contributed by atoms with Crippen LogP contribution in [-0.2, 0) is 9.53 Å². The number of carboxylic acid groups (broad SMARTS) is 1. The molecule has 0 aromatic heterocycles. The Kier molecular flexibility index (Phi) is 4.33. The maximum absolute atomic E-state index is 10.9. The van der Waals surface area contributed by atoms with E-state index in [2.05, 4.69) is 4.74 Å². The van der Waals surface area contributed by atoms with Gasteiger partial charge in [-0.2, -0.15) is 0 Å². The van der Waals surface area contributed by atoms with Crippen molar-refractivity contribution in [2.24, 2.45) is 0 Å². The van der Waals surface area contributed by atoms with E-state index in [4.69, 9.17) is 15.6 Å². The highest BCUT2D eigenvalue weighted by Gasteiger charge is 2.14. The standard InChI is InChI=1S/C11H13NO5/c1-16-9(13)5-6-17-10-7(11(14)15)3-2-4-8(10)12/h2-4H,5-6,12H2,1H3,(H,14,15). The Labute approximate surface area is 97.9 Å². The van der Waals surface area contributed by atoms with Gasteiger partial charge in [-0.05, 0) is 12.1 Å². The minimum atomic E-state index is -1.13. The van der Waals surface area contributed by atoms with Crippen LogP contribution in [0.3, 0.4) is 0 Å². The fourth-order valence-corrected chi connectivity index (χ4v) is 1.22. The number of anilines is 1. The average molecular weight is 239 g/mol. The summed E-state index contributed by atoms with van der Waals surface area (Å²) in [4.78, 5) is 21.8. The van der Waals surface area contributed by atoms with Crippen molar-refractivity contribution in [2.45, 2.75) is 6.42 Å². The Hall–Kier alpha value is -2.24. The maximum Gasteiger partial charge on any atom is 0.339 e. The first kappa shape index (κ1) is 12.8. The molecule has 0 radical (unpaired) electrons. The van der Waals surface area contributed by atoms with Gasteiger partial charge in [0, 0.05) is 0 Å². The molecule has 1 aromatic carbocycles. The Morgan fingerprint density at radius 3 is 2.71 bits per heavy atom. The summed E-state index contributed by atoms with van der Waals surface area (Å²) < 4.78 is 9.62. The number of methoxy groups -OCH3 is 1. The monoisotopic (exact) mass is 239 g/mol. The molecule has 0 saturated carbocycles. The van der Waals surface area contributed by atoms with Crippen LogP contribution in [0, 0.1) is 0 Å². The van der Waals surface area contributed by atoms with Crippen molar-refractivity contribution >= 4 is 17.6 Å². The second kappa shape index (κ2) is 5.74. The molecule has 0 amide bonds. The molecule has 0 saturated heterocycles. The van der Waals surface area contributed by atoms with E-state index in [-0.39, 0.29) is 30.0 Å². The van der Waals surface area contributed by atoms with Crippen molar-refractivity contribution in [2.75, 3.05) is 19.5 Å². The largest absolute Gasteiger partial charge is 0.490 e. The molecule has 3 N–H and O–H groups in total. The zero-order chi connectivity index (χ0) is 12.8. The lowest BCUT2D eigenvalue weighted by molar-refractivity contribution is -0.141. The fraction of sp³-hybridized carbons (Fsp3) is 0.273. The average Bonchev–Trinajstić information content (AvgIpc) is 2.30. The number of ether oxygens (including phenoxy) is 2. The van der Waals surface area contributed by atoms with Gasteiger partial charge in [-0.3, -0.25) is 4.79 Å². The number of esters is 1. The highest BCUT2D eigenvalue weighted by molar-refractivity contribution is 5.93. The first-order valence-electron chi connectivity index (χ1n) is 4.87. The number of carboxylic acids is 1. The molecule has 0 aliphatic rings. The molecule has 6 heteroatoms. The fourth-order valence-electron chi connectivity index (χ4n) is 1.22. The third-order valence-electron chi connectivity index (χ3n) is 2.06. The van der Waals surface area contributed by atoms with Crippen LogP contribution in [0.4, 0.5) is 5.69 Å². The van der Waals surface area contributed by atoms with Crippen molar-refractivity contribution in [3.05, 3.63) is 23.8 Å². The van der Waals surface area contributed by atoms with E-state index in [9.17, 15) is 9.59 Å². The van der Waals surface area contributed by atoms with Crippen LogP contribution in [0.1, 0.15) is 16.8 Å². The van der Waals surface area contributed by atoms with Gasteiger partial charge in [0.1, 0.15) is 5.56 Å². The molecule has 0 bridgehead atoms. The van der Waals surface area contributed by atoms with Crippen LogP contribution < -0.4 is 10.5 Å². The molecule has 0 fully saturated rings. The van der Waals surface area contributed by atoms with Gasteiger partial charge in [0.05, 0.1) is 25.8 Å². The SMILES string of the molecule is COC(=O)CCOc1c(N)cccc1C(=O)O. The number of nitrogens with two attached hydrogens (primary N) is 1. The molecule has 0 atom stereocenters. The van der Waals surface area contributed by atoms with E-state index in [1.807, 2.05) is 0 Å².